The Bertz CT molecular complexity index is 1420. The number of aromatic nitrogens is 2. The maximum absolute atomic E-state index is 13.4. The second kappa shape index (κ2) is 7.49. The van der Waals surface area contributed by atoms with Gasteiger partial charge in [0.25, 0.3) is 10.0 Å². The third-order valence-corrected chi connectivity index (χ3v) is 7.29. The number of hydrogen-bond donors (Lipinski definition) is 2. The number of benzene rings is 2. The van der Waals surface area contributed by atoms with Crippen molar-refractivity contribution in [2.75, 3.05) is 18.4 Å². The van der Waals surface area contributed by atoms with E-state index in [1.165, 1.54) is 12.3 Å². The SMILES string of the molecule is O=S(=O)(c1cccc(C(F)(F)F)c1)n1ccc2c(NC3CCNC3)nc3ccccc3c21. The Morgan fingerprint density at radius 2 is 1.88 bits per heavy atom. The molecule has 2 N–H and O–H groups in total. The zero-order valence-electron chi connectivity index (χ0n) is 16.7. The number of fused-ring (bicyclic) bond motifs is 3. The fraction of sp³-hybridized carbons (Fsp3) is 0.227. The van der Waals surface area contributed by atoms with E-state index in [0.29, 0.717) is 33.7 Å². The lowest BCUT2D eigenvalue weighted by Crippen LogP contribution is -2.22. The zero-order valence-corrected chi connectivity index (χ0v) is 17.5. The first-order valence-corrected chi connectivity index (χ1v) is 11.5. The number of anilines is 1. The molecule has 0 aliphatic carbocycles. The summed E-state index contributed by atoms with van der Waals surface area (Å²) >= 11 is 0. The van der Waals surface area contributed by atoms with Crippen LogP contribution in [-0.4, -0.2) is 36.5 Å². The van der Waals surface area contributed by atoms with E-state index in [2.05, 4.69) is 15.6 Å². The van der Waals surface area contributed by atoms with Gasteiger partial charge in [-0.2, -0.15) is 13.2 Å². The summed E-state index contributed by atoms with van der Waals surface area (Å²) in [6.07, 6.45) is -2.38. The van der Waals surface area contributed by atoms with Gasteiger partial charge in [-0.3, -0.25) is 0 Å². The zero-order chi connectivity index (χ0) is 22.5. The van der Waals surface area contributed by atoms with Gasteiger partial charge in [0.2, 0.25) is 0 Å². The molecule has 1 unspecified atom stereocenters. The minimum Gasteiger partial charge on any atom is -0.365 e. The standard InChI is InChI=1S/C22H19F3N4O2S/c23-22(24,25)14-4-3-5-16(12-14)32(30,31)29-11-9-18-20(29)17-6-1-2-7-19(17)28-21(18)27-15-8-10-26-13-15/h1-7,9,11-12,15,26H,8,10,13H2,(H,27,28). The summed E-state index contributed by atoms with van der Waals surface area (Å²) in [6, 6.07) is 12.7. The van der Waals surface area contributed by atoms with Crippen molar-refractivity contribution in [1.29, 1.82) is 0 Å². The van der Waals surface area contributed by atoms with Crippen molar-refractivity contribution in [2.45, 2.75) is 23.5 Å². The minimum absolute atomic E-state index is 0.148. The van der Waals surface area contributed by atoms with Crippen LogP contribution in [0.5, 0.6) is 0 Å². The molecule has 4 aromatic rings. The molecule has 0 amide bonds. The molecule has 166 valence electrons. The first kappa shape index (κ1) is 20.8. The van der Waals surface area contributed by atoms with Crippen LogP contribution in [0.15, 0.2) is 65.7 Å². The molecule has 2 aromatic heterocycles. The van der Waals surface area contributed by atoms with Crippen LogP contribution < -0.4 is 10.6 Å². The second-order valence-electron chi connectivity index (χ2n) is 7.72. The van der Waals surface area contributed by atoms with E-state index >= 15 is 0 Å². The number of para-hydroxylation sites is 1. The smallest absolute Gasteiger partial charge is 0.365 e. The average Bonchev–Trinajstić information content (AvgIpc) is 3.44. The molecular weight excluding hydrogens is 441 g/mol. The van der Waals surface area contributed by atoms with E-state index in [0.717, 1.165) is 35.6 Å². The van der Waals surface area contributed by atoms with Crippen molar-refractivity contribution in [2.24, 2.45) is 0 Å². The number of pyridine rings is 1. The quantitative estimate of drug-likeness (QED) is 0.477. The molecule has 0 radical (unpaired) electrons. The Morgan fingerprint density at radius 1 is 1.06 bits per heavy atom. The van der Waals surface area contributed by atoms with Crippen molar-refractivity contribution < 1.29 is 21.6 Å². The van der Waals surface area contributed by atoms with Gasteiger partial charge in [0.05, 0.1) is 21.5 Å². The van der Waals surface area contributed by atoms with Crippen molar-refractivity contribution in [1.82, 2.24) is 14.3 Å². The molecule has 1 fully saturated rings. The van der Waals surface area contributed by atoms with Gasteiger partial charge in [-0.15, -0.1) is 0 Å². The molecule has 1 saturated heterocycles. The molecule has 5 rings (SSSR count). The van der Waals surface area contributed by atoms with Crippen LogP contribution in [0, 0.1) is 0 Å². The summed E-state index contributed by atoms with van der Waals surface area (Å²) in [6.45, 7) is 1.64. The van der Waals surface area contributed by atoms with E-state index in [4.69, 9.17) is 0 Å². The van der Waals surface area contributed by atoms with Gasteiger partial charge < -0.3 is 10.6 Å². The maximum Gasteiger partial charge on any atom is 0.416 e. The highest BCUT2D eigenvalue weighted by Gasteiger charge is 2.32. The van der Waals surface area contributed by atoms with Crippen LogP contribution in [0.25, 0.3) is 21.8 Å². The summed E-state index contributed by atoms with van der Waals surface area (Å²) < 4.78 is 67.5. The molecule has 1 atom stereocenters. The van der Waals surface area contributed by atoms with E-state index < -0.39 is 26.7 Å². The Kier molecular flexibility index (Phi) is 4.86. The van der Waals surface area contributed by atoms with Crippen molar-refractivity contribution in [3.05, 3.63) is 66.4 Å². The highest BCUT2D eigenvalue weighted by Crippen LogP contribution is 2.35. The van der Waals surface area contributed by atoms with Crippen LogP contribution in [0.4, 0.5) is 19.0 Å². The Morgan fingerprint density at radius 3 is 2.62 bits per heavy atom. The highest BCUT2D eigenvalue weighted by molar-refractivity contribution is 7.90. The molecule has 3 heterocycles. The van der Waals surface area contributed by atoms with Gasteiger partial charge in [0, 0.05) is 29.6 Å². The summed E-state index contributed by atoms with van der Waals surface area (Å²) in [5.74, 6) is 0.547. The predicted molar refractivity (Wildman–Crippen MR) is 116 cm³/mol. The topological polar surface area (TPSA) is 76.0 Å². The van der Waals surface area contributed by atoms with Gasteiger partial charge in [0.1, 0.15) is 5.82 Å². The first-order valence-electron chi connectivity index (χ1n) is 10.0. The fourth-order valence-corrected chi connectivity index (χ4v) is 5.46. The van der Waals surface area contributed by atoms with Crippen LogP contribution in [0.1, 0.15) is 12.0 Å². The number of alkyl halides is 3. The number of nitrogens with zero attached hydrogens (tertiary/aromatic N) is 2. The van der Waals surface area contributed by atoms with Crippen LogP contribution in [-0.2, 0) is 16.2 Å². The summed E-state index contributed by atoms with van der Waals surface area (Å²) in [4.78, 5) is 4.26. The van der Waals surface area contributed by atoms with Crippen molar-refractivity contribution in [3.63, 3.8) is 0 Å². The minimum atomic E-state index is -4.65. The lowest BCUT2D eigenvalue weighted by atomic mass is 10.1. The van der Waals surface area contributed by atoms with E-state index in [9.17, 15) is 21.6 Å². The van der Waals surface area contributed by atoms with Crippen LogP contribution in [0.3, 0.4) is 0 Å². The van der Waals surface area contributed by atoms with Gasteiger partial charge in [0.15, 0.2) is 0 Å². The Balaban J connectivity index is 1.72. The number of hydrogen-bond acceptors (Lipinski definition) is 5. The summed E-state index contributed by atoms with van der Waals surface area (Å²) in [7, 11) is -4.29. The first-order chi connectivity index (χ1) is 15.2. The second-order valence-corrected chi connectivity index (χ2v) is 9.53. The van der Waals surface area contributed by atoms with Gasteiger partial charge in [-0.25, -0.2) is 17.4 Å². The van der Waals surface area contributed by atoms with Gasteiger partial charge in [-0.05, 0) is 43.3 Å². The molecule has 32 heavy (non-hydrogen) atoms. The maximum atomic E-state index is 13.4. The highest BCUT2D eigenvalue weighted by atomic mass is 32.2. The predicted octanol–water partition coefficient (Wildman–Crippen LogP) is 4.22. The molecular formula is C22H19F3N4O2S. The van der Waals surface area contributed by atoms with E-state index in [1.807, 2.05) is 0 Å². The molecule has 0 spiro atoms. The van der Waals surface area contributed by atoms with Gasteiger partial charge in [-0.1, -0.05) is 24.3 Å². The Hall–Kier alpha value is -3.11. The van der Waals surface area contributed by atoms with Crippen molar-refractivity contribution >= 4 is 37.6 Å². The third kappa shape index (κ3) is 3.49. The largest absolute Gasteiger partial charge is 0.416 e. The lowest BCUT2D eigenvalue weighted by molar-refractivity contribution is -0.137. The Labute approximate surface area is 182 Å². The fourth-order valence-electron chi connectivity index (χ4n) is 4.05. The molecule has 10 heteroatoms. The number of nitrogens with one attached hydrogen (secondary N) is 2. The monoisotopic (exact) mass is 460 g/mol. The molecule has 0 bridgehead atoms. The summed E-state index contributed by atoms with van der Waals surface area (Å²) in [5.41, 5.74) is -0.0493. The molecule has 1 aliphatic heterocycles. The molecule has 1 aliphatic rings. The third-order valence-electron chi connectivity index (χ3n) is 5.62. The van der Waals surface area contributed by atoms with E-state index in [1.54, 1.807) is 30.3 Å². The number of rotatable bonds is 4. The summed E-state index contributed by atoms with van der Waals surface area (Å²) in [5, 5.41) is 7.83. The normalized spacial score (nSPS) is 17.3. The average molecular weight is 460 g/mol. The number of halogens is 3. The van der Waals surface area contributed by atoms with Crippen molar-refractivity contribution in [3.8, 4) is 0 Å². The van der Waals surface area contributed by atoms with E-state index in [-0.39, 0.29) is 6.04 Å². The molecule has 0 saturated carbocycles. The molecule has 6 nitrogen and oxygen atoms in total. The van der Waals surface area contributed by atoms with Crippen LogP contribution in [0.2, 0.25) is 0 Å². The lowest BCUT2D eigenvalue weighted by Gasteiger charge is -2.16. The molecule has 2 aromatic carbocycles. The van der Waals surface area contributed by atoms with Crippen LogP contribution >= 0.6 is 0 Å². The van der Waals surface area contributed by atoms with Gasteiger partial charge >= 0.3 is 6.18 Å².